The van der Waals surface area contributed by atoms with E-state index in [1.54, 1.807) is 12.3 Å². The van der Waals surface area contributed by atoms with E-state index in [4.69, 9.17) is 28.2 Å². The second-order valence-corrected chi connectivity index (χ2v) is 6.03. The molecular weight excluding hydrogens is 317 g/mol. The molecule has 0 saturated heterocycles. The Balaban J connectivity index is 2.37. The quantitative estimate of drug-likeness (QED) is 0.743. The molecule has 0 aliphatic heterocycles. The first-order valence-electron chi connectivity index (χ1n) is 7.66. The average molecular weight is 338 g/mol. The van der Waals surface area contributed by atoms with Crippen LogP contribution in [0.4, 0.5) is 5.82 Å². The monoisotopic (exact) mass is 337 g/mol. The molecule has 0 radical (unpaired) electrons. The molecule has 2 rings (SSSR count). The number of aromatic nitrogens is 2. The smallest absolute Gasteiger partial charge is 0.145 e. The normalized spacial score (nSPS) is 11.0. The van der Waals surface area contributed by atoms with Gasteiger partial charge in [-0.2, -0.15) is 0 Å². The average Bonchev–Trinajstić information content (AvgIpc) is 2.52. The van der Waals surface area contributed by atoms with Crippen LogP contribution in [0.1, 0.15) is 39.3 Å². The van der Waals surface area contributed by atoms with Crippen LogP contribution in [0.3, 0.4) is 0 Å². The molecule has 5 heteroatoms. The maximum Gasteiger partial charge on any atom is 0.145 e. The van der Waals surface area contributed by atoms with Gasteiger partial charge in [-0.25, -0.2) is 4.98 Å². The maximum absolute atomic E-state index is 6.29. The molecule has 1 heterocycles. The van der Waals surface area contributed by atoms with Gasteiger partial charge in [-0.1, -0.05) is 44.0 Å². The molecule has 1 N–H and O–H groups in total. The zero-order valence-corrected chi connectivity index (χ0v) is 14.7. The van der Waals surface area contributed by atoms with Crippen LogP contribution in [-0.2, 0) is 6.42 Å². The first kappa shape index (κ1) is 17.0. The standard InChI is InChI=1S/C17H21Cl2N3/c1-4-12(5-2)21-16-10-20-17(15(6-3)22-16)13-8-7-11(18)9-14(13)19/h7-10,12H,4-6H2,1-3H3,(H,21,22). The number of nitrogens with zero attached hydrogens (tertiary/aromatic N) is 2. The number of nitrogens with one attached hydrogen (secondary N) is 1. The van der Waals surface area contributed by atoms with E-state index in [9.17, 15) is 0 Å². The van der Waals surface area contributed by atoms with Gasteiger partial charge in [0.2, 0.25) is 0 Å². The molecule has 3 nitrogen and oxygen atoms in total. The zero-order valence-electron chi connectivity index (χ0n) is 13.2. The molecule has 0 atom stereocenters. The minimum atomic E-state index is 0.420. The lowest BCUT2D eigenvalue weighted by molar-refractivity contribution is 0.667. The van der Waals surface area contributed by atoms with E-state index in [0.717, 1.165) is 42.0 Å². The highest BCUT2D eigenvalue weighted by molar-refractivity contribution is 6.36. The Hall–Kier alpha value is -1.32. The second-order valence-electron chi connectivity index (χ2n) is 5.19. The number of hydrogen-bond donors (Lipinski definition) is 1. The summed E-state index contributed by atoms with van der Waals surface area (Å²) in [5.41, 5.74) is 2.61. The SMILES string of the molecule is CCc1nc(NC(CC)CC)cnc1-c1ccc(Cl)cc1Cl. The van der Waals surface area contributed by atoms with Crippen molar-refractivity contribution in [1.82, 2.24) is 9.97 Å². The maximum atomic E-state index is 6.29. The third kappa shape index (κ3) is 3.90. The second kappa shape index (κ2) is 7.80. The molecule has 0 aliphatic carbocycles. The summed E-state index contributed by atoms with van der Waals surface area (Å²) in [6.07, 6.45) is 4.69. The fraction of sp³-hybridized carbons (Fsp3) is 0.412. The zero-order chi connectivity index (χ0) is 16.1. The Morgan fingerprint density at radius 3 is 2.45 bits per heavy atom. The van der Waals surface area contributed by atoms with Crippen molar-refractivity contribution >= 4 is 29.0 Å². The topological polar surface area (TPSA) is 37.8 Å². The number of rotatable bonds is 6. The summed E-state index contributed by atoms with van der Waals surface area (Å²) in [6, 6.07) is 5.86. The van der Waals surface area contributed by atoms with Crippen LogP contribution in [0.15, 0.2) is 24.4 Å². The van der Waals surface area contributed by atoms with Gasteiger partial charge in [-0.15, -0.1) is 0 Å². The highest BCUT2D eigenvalue weighted by Gasteiger charge is 2.13. The van der Waals surface area contributed by atoms with E-state index in [0.29, 0.717) is 16.1 Å². The fourth-order valence-corrected chi connectivity index (χ4v) is 2.85. The minimum Gasteiger partial charge on any atom is -0.366 e. The van der Waals surface area contributed by atoms with Gasteiger partial charge in [-0.05, 0) is 37.5 Å². The fourth-order valence-electron chi connectivity index (χ4n) is 2.35. The summed E-state index contributed by atoms with van der Waals surface area (Å²) < 4.78 is 0. The minimum absolute atomic E-state index is 0.420. The summed E-state index contributed by atoms with van der Waals surface area (Å²) in [6.45, 7) is 6.40. The molecule has 118 valence electrons. The van der Waals surface area contributed by atoms with Gasteiger partial charge in [0.1, 0.15) is 5.82 Å². The third-order valence-electron chi connectivity index (χ3n) is 3.70. The summed E-state index contributed by atoms with van der Waals surface area (Å²) in [5.74, 6) is 0.819. The molecule has 1 aromatic heterocycles. The largest absolute Gasteiger partial charge is 0.366 e. The third-order valence-corrected chi connectivity index (χ3v) is 4.25. The number of halogens is 2. The van der Waals surface area contributed by atoms with Gasteiger partial charge in [0.05, 0.1) is 22.6 Å². The van der Waals surface area contributed by atoms with Gasteiger partial charge >= 0.3 is 0 Å². The van der Waals surface area contributed by atoms with Crippen molar-refractivity contribution in [2.24, 2.45) is 0 Å². The Kier molecular flexibility index (Phi) is 6.04. The highest BCUT2D eigenvalue weighted by atomic mass is 35.5. The van der Waals surface area contributed by atoms with Gasteiger partial charge in [0.25, 0.3) is 0 Å². The van der Waals surface area contributed by atoms with E-state index < -0.39 is 0 Å². The molecule has 2 aromatic rings. The molecule has 0 spiro atoms. The molecular formula is C17H21Cl2N3. The predicted molar refractivity (Wildman–Crippen MR) is 94.9 cm³/mol. The molecule has 0 bridgehead atoms. The van der Waals surface area contributed by atoms with Crippen molar-refractivity contribution in [1.29, 1.82) is 0 Å². The molecule has 0 saturated carbocycles. The van der Waals surface area contributed by atoms with Crippen LogP contribution < -0.4 is 5.32 Å². The number of benzene rings is 1. The lowest BCUT2D eigenvalue weighted by atomic mass is 10.1. The van der Waals surface area contributed by atoms with E-state index >= 15 is 0 Å². The van der Waals surface area contributed by atoms with E-state index in [1.807, 2.05) is 12.1 Å². The molecule has 0 fully saturated rings. The van der Waals surface area contributed by atoms with Crippen LogP contribution in [0, 0.1) is 0 Å². The Labute approximate surface area is 142 Å². The number of aryl methyl sites for hydroxylation is 1. The van der Waals surface area contributed by atoms with Crippen molar-refractivity contribution < 1.29 is 0 Å². The first-order valence-corrected chi connectivity index (χ1v) is 8.42. The van der Waals surface area contributed by atoms with Crippen molar-refractivity contribution in [2.45, 2.75) is 46.1 Å². The van der Waals surface area contributed by atoms with Crippen molar-refractivity contribution in [3.63, 3.8) is 0 Å². The Bertz CT molecular complexity index is 640. The predicted octanol–water partition coefficient (Wildman–Crippen LogP) is 5.61. The van der Waals surface area contributed by atoms with E-state index in [-0.39, 0.29) is 0 Å². The summed E-state index contributed by atoms with van der Waals surface area (Å²) in [5, 5.41) is 4.64. The lowest BCUT2D eigenvalue weighted by Gasteiger charge is -2.17. The molecule has 0 amide bonds. The van der Waals surface area contributed by atoms with Crippen LogP contribution in [-0.4, -0.2) is 16.0 Å². The van der Waals surface area contributed by atoms with E-state index in [1.165, 1.54) is 0 Å². The number of anilines is 1. The van der Waals surface area contributed by atoms with Crippen LogP contribution in [0.5, 0.6) is 0 Å². The lowest BCUT2D eigenvalue weighted by Crippen LogP contribution is -2.18. The first-order chi connectivity index (χ1) is 10.6. The summed E-state index contributed by atoms with van der Waals surface area (Å²) in [7, 11) is 0. The highest BCUT2D eigenvalue weighted by Crippen LogP contribution is 2.31. The molecule has 0 unspecified atom stereocenters. The van der Waals surface area contributed by atoms with Crippen molar-refractivity contribution in [3.05, 3.63) is 40.1 Å². The Morgan fingerprint density at radius 2 is 1.86 bits per heavy atom. The summed E-state index contributed by atoms with van der Waals surface area (Å²) in [4.78, 5) is 9.28. The molecule has 0 aliphatic rings. The van der Waals surface area contributed by atoms with E-state index in [2.05, 4.69) is 31.1 Å². The van der Waals surface area contributed by atoms with Gasteiger partial charge in [-0.3, -0.25) is 4.98 Å². The molecule has 22 heavy (non-hydrogen) atoms. The van der Waals surface area contributed by atoms with Crippen LogP contribution in [0.2, 0.25) is 10.0 Å². The molecule has 1 aromatic carbocycles. The van der Waals surface area contributed by atoms with Crippen molar-refractivity contribution in [2.75, 3.05) is 5.32 Å². The van der Waals surface area contributed by atoms with Gasteiger partial charge in [0.15, 0.2) is 0 Å². The Morgan fingerprint density at radius 1 is 1.14 bits per heavy atom. The van der Waals surface area contributed by atoms with Gasteiger partial charge < -0.3 is 5.32 Å². The van der Waals surface area contributed by atoms with Gasteiger partial charge in [0, 0.05) is 16.6 Å². The van der Waals surface area contributed by atoms with Crippen LogP contribution >= 0.6 is 23.2 Å². The van der Waals surface area contributed by atoms with Crippen LogP contribution in [0.25, 0.3) is 11.3 Å². The number of hydrogen-bond acceptors (Lipinski definition) is 3. The summed E-state index contributed by atoms with van der Waals surface area (Å²) >= 11 is 12.3. The van der Waals surface area contributed by atoms with Crippen molar-refractivity contribution in [3.8, 4) is 11.3 Å².